The molecule has 0 saturated carbocycles. The molecule has 20 heavy (non-hydrogen) atoms. The smallest absolute Gasteiger partial charge is 0.0766 e. The van der Waals surface area contributed by atoms with Crippen LogP contribution in [0.4, 0.5) is 0 Å². The van der Waals surface area contributed by atoms with Crippen LogP contribution in [0.2, 0.25) is 5.02 Å². The quantitative estimate of drug-likeness (QED) is 0.638. The number of halogens is 2. The van der Waals surface area contributed by atoms with E-state index in [0.29, 0.717) is 5.02 Å². The number of nitrogens with one attached hydrogen (secondary N) is 1. The molecule has 0 amide bonds. The van der Waals surface area contributed by atoms with Crippen molar-refractivity contribution in [3.63, 3.8) is 0 Å². The molecule has 1 aromatic carbocycles. The second-order valence-electron chi connectivity index (χ2n) is 4.66. The van der Waals surface area contributed by atoms with Gasteiger partial charge in [-0.05, 0) is 40.0 Å². The van der Waals surface area contributed by atoms with Crippen LogP contribution in [0, 0.1) is 0 Å². The Labute approximate surface area is 132 Å². The molecule has 2 aromatic rings. The molecule has 0 aliphatic heterocycles. The lowest BCUT2D eigenvalue weighted by Crippen LogP contribution is -2.30. The molecule has 1 unspecified atom stereocenters. The molecule has 1 atom stereocenters. The molecule has 6 heteroatoms. The molecule has 1 aromatic heterocycles. The molecule has 1 heterocycles. The highest BCUT2D eigenvalue weighted by Gasteiger charge is 2.18. The molecule has 0 aliphatic carbocycles. The lowest BCUT2D eigenvalue weighted by Gasteiger charge is -2.17. The van der Waals surface area contributed by atoms with Crippen LogP contribution < -0.4 is 11.3 Å². The number of benzene rings is 1. The van der Waals surface area contributed by atoms with E-state index in [-0.39, 0.29) is 6.04 Å². The highest BCUT2D eigenvalue weighted by molar-refractivity contribution is 9.10. The predicted molar refractivity (Wildman–Crippen MR) is 85.5 cm³/mol. The minimum absolute atomic E-state index is 0.00916. The van der Waals surface area contributed by atoms with Gasteiger partial charge in [-0.25, -0.2) is 0 Å². The number of nitrogens with zero attached hydrogens (tertiary/aromatic N) is 2. The van der Waals surface area contributed by atoms with Gasteiger partial charge in [-0.3, -0.25) is 16.0 Å². The van der Waals surface area contributed by atoms with Crippen molar-refractivity contribution in [3.8, 4) is 0 Å². The summed E-state index contributed by atoms with van der Waals surface area (Å²) in [5.41, 5.74) is 6.09. The molecule has 0 fully saturated rings. The summed E-state index contributed by atoms with van der Waals surface area (Å²) in [6.07, 6.45) is 1.63. The van der Waals surface area contributed by atoms with Crippen LogP contribution in [0.5, 0.6) is 0 Å². The molecule has 2 rings (SSSR count). The fourth-order valence-corrected chi connectivity index (χ4v) is 3.21. The van der Waals surface area contributed by atoms with Crippen LogP contribution in [0.1, 0.15) is 29.9 Å². The first-order valence-electron chi connectivity index (χ1n) is 6.48. The molecular formula is C14H18BrClN4. The topological polar surface area (TPSA) is 55.9 Å². The summed E-state index contributed by atoms with van der Waals surface area (Å²) in [6, 6.07) is 7.72. The molecule has 0 spiro atoms. The average Bonchev–Trinajstić information content (AvgIpc) is 2.71. The second-order valence-corrected chi connectivity index (χ2v) is 5.89. The molecular weight excluding hydrogens is 340 g/mol. The zero-order valence-corrected chi connectivity index (χ0v) is 13.9. The number of rotatable bonds is 5. The minimum atomic E-state index is -0.00916. The van der Waals surface area contributed by atoms with Gasteiger partial charge in [0.1, 0.15) is 0 Å². The summed E-state index contributed by atoms with van der Waals surface area (Å²) in [6.45, 7) is 2.09. The van der Waals surface area contributed by atoms with E-state index >= 15 is 0 Å². The molecule has 0 saturated heterocycles. The summed E-state index contributed by atoms with van der Waals surface area (Å²) in [7, 11) is 1.95. The Hall–Kier alpha value is -0.880. The maximum atomic E-state index is 6.04. The van der Waals surface area contributed by atoms with Crippen LogP contribution in [-0.2, 0) is 19.9 Å². The third kappa shape index (κ3) is 3.23. The lowest BCUT2D eigenvalue weighted by atomic mass is 10.0. The molecule has 0 aliphatic rings. The van der Waals surface area contributed by atoms with Gasteiger partial charge in [0, 0.05) is 18.5 Å². The van der Waals surface area contributed by atoms with Gasteiger partial charge < -0.3 is 0 Å². The Bertz CT molecular complexity index is 597. The van der Waals surface area contributed by atoms with Crippen molar-refractivity contribution in [1.29, 1.82) is 0 Å². The normalized spacial score (nSPS) is 12.7. The van der Waals surface area contributed by atoms with E-state index in [4.69, 9.17) is 17.4 Å². The fourth-order valence-electron chi connectivity index (χ4n) is 2.23. The zero-order chi connectivity index (χ0) is 14.7. The van der Waals surface area contributed by atoms with Crippen molar-refractivity contribution in [2.24, 2.45) is 12.9 Å². The summed E-state index contributed by atoms with van der Waals surface area (Å²) in [5, 5.41) is 5.21. The number of aryl methyl sites for hydroxylation is 2. The minimum Gasteiger partial charge on any atom is -0.271 e. The van der Waals surface area contributed by atoms with Crippen molar-refractivity contribution in [2.45, 2.75) is 25.8 Å². The van der Waals surface area contributed by atoms with Gasteiger partial charge in [0.15, 0.2) is 0 Å². The Balaban J connectivity index is 2.29. The summed E-state index contributed by atoms with van der Waals surface area (Å²) < 4.78 is 2.96. The predicted octanol–water partition coefficient (Wildman–Crippen LogP) is 3.15. The Morgan fingerprint density at radius 1 is 1.50 bits per heavy atom. The van der Waals surface area contributed by atoms with E-state index in [0.717, 1.165) is 34.3 Å². The van der Waals surface area contributed by atoms with E-state index in [2.05, 4.69) is 33.4 Å². The van der Waals surface area contributed by atoms with Gasteiger partial charge in [-0.15, -0.1) is 0 Å². The van der Waals surface area contributed by atoms with Gasteiger partial charge in [-0.2, -0.15) is 5.10 Å². The van der Waals surface area contributed by atoms with E-state index in [1.54, 1.807) is 0 Å². The van der Waals surface area contributed by atoms with E-state index < -0.39 is 0 Å². The van der Waals surface area contributed by atoms with Crippen LogP contribution in [0.3, 0.4) is 0 Å². The van der Waals surface area contributed by atoms with Gasteiger partial charge in [0.25, 0.3) is 0 Å². The van der Waals surface area contributed by atoms with E-state index in [1.165, 1.54) is 0 Å². The van der Waals surface area contributed by atoms with E-state index in [1.807, 2.05) is 36.0 Å². The maximum Gasteiger partial charge on any atom is 0.0766 e. The first-order valence-corrected chi connectivity index (χ1v) is 7.65. The number of hydrogen-bond acceptors (Lipinski definition) is 3. The lowest BCUT2D eigenvalue weighted by molar-refractivity contribution is 0.529. The highest BCUT2D eigenvalue weighted by Crippen LogP contribution is 2.27. The Morgan fingerprint density at radius 3 is 2.80 bits per heavy atom. The van der Waals surface area contributed by atoms with Gasteiger partial charge in [-0.1, -0.05) is 30.7 Å². The average molecular weight is 358 g/mol. The van der Waals surface area contributed by atoms with Crippen LogP contribution >= 0.6 is 27.5 Å². The van der Waals surface area contributed by atoms with Gasteiger partial charge in [0.05, 0.1) is 21.9 Å². The second kappa shape index (κ2) is 6.72. The van der Waals surface area contributed by atoms with E-state index in [9.17, 15) is 0 Å². The third-order valence-corrected chi connectivity index (χ3v) is 4.50. The SMILES string of the molecule is CCc1nn(C)c(CC(NN)c2cccc(Cl)c2)c1Br. The largest absolute Gasteiger partial charge is 0.271 e. The Morgan fingerprint density at radius 2 is 2.25 bits per heavy atom. The highest BCUT2D eigenvalue weighted by atomic mass is 79.9. The molecule has 0 bridgehead atoms. The number of hydrogen-bond donors (Lipinski definition) is 2. The Kier molecular flexibility index (Phi) is 5.21. The molecule has 3 N–H and O–H groups in total. The van der Waals surface area contributed by atoms with Crippen LogP contribution in [-0.4, -0.2) is 9.78 Å². The van der Waals surface area contributed by atoms with Gasteiger partial charge >= 0.3 is 0 Å². The van der Waals surface area contributed by atoms with Crippen LogP contribution in [0.15, 0.2) is 28.7 Å². The standard InChI is InChI=1S/C14H18BrClN4/c1-3-11-14(15)13(20(2)19-11)8-12(18-17)9-5-4-6-10(16)7-9/h4-7,12,18H,3,8,17H2,1-2H3. The fraction of sp³-hybridized carbons (Fsp3) is 0.357. The summed E-state index contributed by atoms with van der Waals surface area (Å²) >= 11 is 9.67. The van der Waals surface area contributed by atoms with Crippen molar-refractivity contribution in [3.05, 3.63) is 50.7 Å². The molecule has 4 nitrogen and oxygen atoms in total. The number of nitrogens with two attached hydrogens (primary N) is 1. The summed E-state index contributed by atoms with van der Waals surface area (Å²) in [5.74, 6) is 5.70. The van der Waals surface area contributed by atoms with Crippen molar-refractivity contribution >= 4 is 27.5 Å². The van der Waals surface area contributed by atoms with Crippen molar-refractivity contribution < 1.29 is 0 Å². The number of aromatic nitrogens is 2. The first-order chi connectivity index (χ1) is 9.56. The zero-order valence-electron chi connectivity index (χ0n) is 11.5. The monoisotopic (exact) mass is 356 g/mol. The first kappa shape index (κ1) is 15.5. The van der Waals surface area contributed by atoms with Gasteiger partial charge in [0.2, 0.25) is 0 Å². The van der Waals surface area contributed by atoms with Crippen molar-refractivity contribution in [2.75, 3.05) is 0 Å². The van der Waals surface area contributed by atoms with Crippen LogP contribution in [0.25, 0.3) is 0 Å². The molecule has 0 radical (unpaired) electrons. The third-order valence-electron chi connectivity index (χ3n) is 3.35. The number of hydrazine groups is 1. The summed E-state index contributed by atoms with van der Waals surface area (Å²) in [4.78, 5) is 0. The maximum absolute atomic E-state index is 6.04. The van der Waals surface area contributed by atoms with Crippen molar-refractivity contribution in [1.82, 2.24) is 15.2 Å². The molecule has 108 valence electrons.